The molecule has 8 aromatic carbocycles. The lowest BCUT2D eigenvalue weighted by atomic mass is 9.82. The van der Waals surface area contributed by atoms with Crippen molar-refractivity contribution in [2.24, 2.45) is 0 Å². The van der Waals surface area contributed by atoms with E-state index in [1.165, 1.54) is 93.9 Å². The normalized spacial score (nSPS) is 11.3. The van der Waals surface area contributed by atoms with Gasteiger partial charge in [-0.3, -0.25) is 9.97 Å². The Bertz CT molecular complexity index is 3040. The predicted octanol–water partition coefficient (Wildman–Crippen LogP) is 15.1. The van der Waals surface area contributed by atoms with Crippen LogP contribution in [0.1, 0.15) is 11.1 Å². The molecule has 2 aromatic heterocycles. The molecule has 0 atom stereocenters. The molecular formula is C56H40N2. The highest BCUT2D eigenvalue weighted by atomic mass is 14.6. The Morgan fingerprint density at radius 2 is 0.672 bits per heavy atom. The predicted molar refractivity (Wildman–Crippen MR) is 245 cm³/mol. The fourth-order valence-corrected chi connectivity index (χ4v) is 8.64. The molecule has 2 nitrogen and oxygen atoms in total. The van der Waals surface area contributed by atoms with E-state index in [0.29, 0.717) is 0 Å². The van der Waals surface area contributed by atoms with Crippen molar-refractivity contribution in [1.29, 1.82) is 0 Å². The minimum absolute atomic E-state index is 1.11. The Labute approximate surface area is 339 Å². The van der Waals surface area contributed by atoms with Gasteiger partial charge in [0.15, 0.2) is 0 Å². The van der Waals surface area contributed by atoms with E-state index in [1.807, 2.05) is 36.9 Å². The van der Waals surface area contributed by atoms with Crippen LogP contribution < -0.4 is 0 Å². The van der Waals surface area contributed by atoms with Gasteiger partial charge in [0, 0.05) is 24.8 Å². The van der Waals surface area contributed by atoms with Gasteiger partial charge in [-0.1, -0.05) is 146 Å². The van der Waals surface area contributed by atoms with Crippen molar-refractivity contribution in [3.05, 3.63) is 218 Å². The van der Waals surface area contributed by atoms with Gasteiger partial charge in [-0.05, 0) is 161 Å². The first-order valence-corrected chi connectivity index (χ1v) is 19.9. The summed E-state index contributed by atoms with van der Waals surface area (Å²) < 4.78 is 0. The summed E-state index contributed by atoms with van der Waals surface area (Å²) in [7, 11) is 0. The topological polar surface area (TPSA) is 25.8 Å². The van der Waals surface area contributed by atoms with Crippen molar-refractivity contribution in [3.8, 4) is 77.9 Å². The maximum Gasteiger partial charge on any atom is 0.0346 e. The number of aromatic nitrogens is 2. The molecule has 0 saturated heterocycles. The zero-order valence-electron chi connectivity index (χ0n) is 32.5. The van der Waals surface area contributed by atoms with Crippen LogP contribution in [0.4, 0.5) is 0 Å². The molecule has 0 aliphatic rings. The molecule has 0 unspecified atom stereocenters. The lowest BCUT2D eigenvalue weighted by molar-refractivity contribution is 1.33. The molecule has 0 radical (unpaired) electrons. The van der Waals surface area contributed by atoms with E-state index >= 15 is 0 Å². The molecule has 0 N–H and O–H groups in total. The fourth-order valence-electron chi connectivity index (χ4n) is 8.64. The van der Waals surface area contributed by atoms with E-state index in [0.717, 1.165) is 16.7 Å². The van der Waals surface area contributed by atoms with Crippen molar-refractivity contribution in [2.45, 2.75) is 13.8 Å². The maximum absolute atomic E-state index is 4.41. The third-order valence-corrected chi connectivity index (χ3v) is 11.5. The Kier molecular flexibility index (Phi) is 9.01. The zero-order valence-corrected chi connectivity index (χ0v) is 32.5. The third kappa shape index (κ3) is 6.45. The van der Waals surface area contributed by atoms with E-state index in [2.05, 4.69) is 194 Å². The summed E-state index contributed by atoms with van der Waals surface area (Å²) in [5, 5.41) is 4.93. The number of benzene rings is 8. The van der Waals surface area contributed by atoms with Crippen LogP contribution in [0.2, 0.25) is 0 Å². The highest BCUT2D eigenvalue weighted by Gasteiger charge is 2.20. The minimum Gasteiger partial charge on any atom is -0.264 e. The lowest BCUT2D eigenvalue weighted by Crippen LogP contribution is -1.95. The van der Waals surface area contributed by atoms with Crippen LogP contribution in [0.15, 0.2) is 207 Å². The van der Waals surface area contributed by atoms with Crippen LogP contribution >= 0.6 is 0 Å². The molecule has 2 heteroatoms. The van der Waals surface area contributed by atoms with Crippen molar-refractivity contribution in [2.75, 3.05) is 0 Å². The van der Waals surface area contributed by atoms with Gasteiger partial charge in [0.25, 0.3) is 0 Å². The molecule has 58 heavy (non-hydrogen) atoms. The minimum atomic E-state index is 1.11. The van der Waals surface area contributed by atoms with E-state index < -0.39 is 0 Å². The molecule has 10 rings (SSSR count). The van der Waals surface area contributed by atoms with Crippen LogP contribution in [-0.4, -0.2) is 9.97 Å². The van der Waals surface area contributed by atoms with Crippen molar-refractivity contribution in [1.82, 2.24) is 9.97 Å². The summed E-state index contributed by atoms with van der Waals surface area (Å²) >= 11 is 0. The molecule has 0 fully saturated rings. The highest BCUT2D eigenvalue weighted by molar-refractivity contribution is 6.22. The van der Waals surface area contributed by atoms with Gasteiger partial charge in [0.1, 0.15) is 0 Å². The number of hydrogen-bond acceptors (Lipinski definition) is 2. The maximum atomic E-state index is 4.41. The SMILES string of the molecule is Cc1cc(-c2cccnc2)ccc1-c1c2ccccc2c(-c2ccc(-c3cccnc3)cc2C)c2cc(-c3cc(-c4ccccc4)cc(-c4ccccc4)c3)ccc12. The van der Waals surface area contributed by atoms with Gasteiger partial charge in [-0.15, -0.1) is 0 Å². The largest absolute Gasteiger partial charge is 0.264 e. The Morgan fingerprint density at radius 1 is 0.276 bits per heavy atom. The number of pyridine rings is 2. The first-order chi connectivity index (χ1) is 28.6. The van der Waals surface area contributed by atoms with Crippen LogP contribution in [0.25, 0.3) is 99.4 Å². The second-order valence-corrected chi connectivity index (χ2v) is 15.1. The molecule has 0 bridgehead atoms. The summed E-state index contributed by atoms with van der Waals surface area (Å²) in [6, 6.07) is 66.5. The van der Waals surface area contributed by atoms with Gasteiger partial charge < -0.3 is 0 Å². The van der Waals surface area contributed by atoms with Gasteiger partial charge in [-0.25, -0.2) is 0 Å². The van der Waals surface area contributed by atoms with Gasteiger partial charge in [-0.2, -0.15) is 0 Å². The molecule has 0 amide bonds. The Morgan fingerprint density at radius 3 is 1.14 bits per heavy atom. The van der Waals surface area contributed by atoms with E-state index in [-0.39, 0.29) is 0 Å². The van der Waals surface area contributed by atoms with Crippen LogP contribution in [0.5, 0.6) is 0 Å². The van der Waals surface area contributed by atoms with E-state index in [4.69, 9.17) is 0 Å². The quantitative estimate of drug-likeness (QED) is 0.152. The average Bonchev–Trinajstić information content (AvgIpc) is 3.29. The molecule has 10 aromatic rings. The molecule has 274 valence electrons. The first-order valence-electron chi connectivity index (χ1n) is 19.9. The lowest BCUT2D eigenvalue weighted by Gasteiger charge is -2.21. The first kappa shape index (κ1) is 35.0. The molecule has 2 heterocycles. The van der Waals surface area contributed by atoms with Crippen LogP contribution in [0, 0.1) is 13.8 Å². The summed E-state index contributed by atoms with van der Waals surface area (Å²) in [5.74, 6) is 0. The third-order valence-electron chi connectivity index (χ3n) is 11.5. The van der Waals surface area contributed by atoms with Crippen LogP contribution in [-0.2, 0) is 0 Å². The molecule has 0 spiro atoms. The number of hydrogen-bond donors (Lipinski definition) is 0. The molecule has 0 saturated carbocycles. The molecular weight excluding hydrogens is 701 g/mol. The molecule has 0 aliphatic carbocycles. The average molecular weight is 741 g/mol. The van der Waals surface area contributed by atoms with Gasteiger partial charge >= 0.3 is 0 Å². The van der Waals surface area contributed by atoms with E-state index in [1.54, 1.807) is 0 Å². The standard InChI is InChI=1S/C56H40N2/c1-37-29-41(44-17-11-27-57-35-44)21-24-49(37)55-51-19-9-10-20-52(51)56(50-25-22-42(30-38(50)2)45-18-12-28-58-36-45)54-34-43(23-26-53(54)55)48-32-46(39-13-5-3-6-14-39)31-47(33-48)40-15-7-4-8-16-40/h3-36H,1-2H3. The van der Waals surface area contributed by atoms with Crippen molar-refractivity contribution < 1.29 is 0 Å². The fraction of sp³-hybridized carbons (Fsp3) is 0.0357. The highest BCUT2D eigenvalue weighted by Crippen LogP contribution is 2.47. The Hall–Kier alpha value is -7.42. The van der Waals surface area contributed by atoms with Gasteiger partial charge in [0.05, 0.1) is 0 Å². The summed E-state index contributed by atoms with van der Waals surface area (Å²) in [4.78, 5) is 8.80. The number of aryl methyl sites for hydroxylation is 2. The number of fused-ring (bicyclic) bond motifs is 2. The van der Waals surface area contributed by atoms with Crippen LogP contribution in [0.3, 0.4) is 0 Å². The van der Waals surface area contributed by atoms with Crippen molar-refractivity contribution in [3.63, 3.8) is 0 Å². The zero-order chi connectivity index (χ0) is 39.0. The summed E-state index contributed by atoms with van der Waals surface area (Å²) in [5.41, 5.74) is 19.1. The summed E-state index contributed by atoms with van der Waals surface area (Å²) in [6.07, 6.45) is 7.53. The number of nitrogens with zero attached hydrogens (tertiary/aromatic N) is 2. The Balaban J connectivity index is 1.25. The smallest absolute Gasteiger partial charge is 0.0346 e. The van der Waals surface area contributed by atoms with Gasteiger partial charge in [0.2, 0.25) is 0 Å². The second-order valence-electron chi connectivity index (χ2n) is 15.1. The van der Waals surface area contributed by atoms with E-state index in [9.17, 15) is 0 Å². The second kappa shape index (κ2) is 14.9. The summed E-state index contributed by atoms with van der Waals surface area (Å²) in [6.45, 7) is 4.48. The number of rotatable bonds is 7. The van der Waals surface area contributed by atoms with Crippen molar-refractivity contribution >= 4 is 21.5 Å². The monoisotopic (exact) mass is 740 g/mol. The molecule has 0 aliphatic heterocycles.